The van der Waals surface area contributed by atoms with Gasteiger partial charge in [-0.25, -0.2) is 0 Å². The Balaban J connectivity index is 2.06. The summed E-state index contributed by atoms with van der Waals surface area (Å²) in [6, 6.07) is 5.42. The fourth-order valence-corrected chi connectivity index (χ4v) is 2.54. The smallest absolute Gasteiger partial charge is 0.0948 e. The van der Waals surface area contributed by atoms with Gasteiger partial charge in [0.1, 0.15) is 0 Å². The molecule has 0 spiro atoms. The minimum Gasteiger partial charge on any atom is -0.389 e. The van der Waals surface area contributed by atoms with Crippen LogP contribution in [0.2, 0.25) is 10.0 Å². The van der Waals surface area contributed by atoms with E-state index in [1.54, 1.807) is 6.07 Å². The van der Waals surface area contributed by atoms with Crippen molar-refractivity contribution in [3.63, 3.8) is 0 Å². The summed E-state index contributed by atoms with van der Waals surface area (Å²) in [5.74, 6) is 0. The number of halogens is 2. The maximum Gasteiger partial charge on any atom is 0.0948 e. The third-order valence-corrected chi connectivity index (χ3v) is 3.51. The highest BCUT2D eigenvalue weighted by molar-refractivity contribution is 6.35. The molecule has 1 fully saturated rings. The van der Waals surface area contributed by atoms with E-state index in [-0.39, 0.29) is 12.1 Å². The highest BCUT2D eigenvalue weighted by Gasteiger charge is 2.27. The Morgan fingerprint density at radius 1 is 1.41 bits per heavy atom. The molecule has 0 aromatic heterocycles. The second-order valence-corrected chi connectivity index (χ2v) is 5.11. The summed E-state index contributed by atoms with van der Waals surface area (Å²) in [7, 11) is 0. The number of aliphatic hydroxyl groups is 1. The lowest BCUT2D eigenvalue weighted by Crippen LogP contribution is -2.40. The maximum absolute atomic E-state index is 9.66. The quantitative estimate of drug-likeness (QED) is 0.890. The summed E-state index contributed by atoms with van der Waals surface area (Å²) in [6.45, 7) is 2.91. The van der Waals surface area contributed by atoms with Crippen molar-refractivity contribution in [1.82, 2.24) is 5.32 Å². The van der Waals surface area contributed by atoms with Crippen LogP contribution in [0.5, 0.6) is 0 Å². The van der Waals surface area contributed by atoms with Crippen molar-refractivity contribution >= 4 is 23.2 Å². The molecule has 2 N–H and O–H groups in total. The highest BCUT2D eigenvalue weighted by Crippen LogP contribution is 2.26. The van der Waals surface area contributed by atoms with Crippen LogP contribution in [0.3, 0.4) is 0 Å². The van der Waals surface area contributed by atoms with E-state index < -0.39 is 6.10 Å². The van der Waals surface area contributed by atoms with Gasteiger partial charge in [0.25, 0.3) is 0 Å². The van der Waals surface area contributed by atoms with Crippen LogP contribution < -0.4 is 5.32 Å². The monoisotopic (exact) mass is 275 g/mol. The molecule has 0 saturated carbocycles. The molecule has 0 bridgehead atoms. The molecule has 1 saturated heterocycles. The Hall–Kier alpha value is -0.320. The third kappa shape index (κ3) is 3.12. The van der Waals surface area contributed by atoms with Crippen molar-refractivity contribution in [1.29, 1.82) is 0 Å². The fourth-order valence-electron chi connectivity index (χ4n) is 1.97. The van der Waals surface area contributed by atoms with Gasteiger partial charge in [0, 0.05) is 16.1 Å². The van der Waals surface area contributed by atoms with Crippen molar-refractivity contribution in [2.75, 3.05) is 13.2 Å². The molecule has 1 heterocycles. The van der Waals surface area contributed by atoms with Crippen LogP contribution in [0.25, 0.3) is 0 Å². The van der Waals surface area contributed by atoms with Crippen molar-refractivity contribution in [3.8, 4) is 0 Å². The van der Waals surface area contributed by atoms with Crippen LogP contribution in [0.4, 0.5) is 0 Å². The average molecular weight is 276 g/mol. The van der Waals surface area contributed by atoms with E-state index in [2.05, 4.69) is 5.32 Å². The Kier molecular flexibility index (Phi) is 4.28. The molecule has 2 rings (SSSR count). The topological polar surface area (TPSA) is 41.5 Å². The minimum absolute atomic E-state index is 0.0427. The third-order valence-electron chi connectivity index (χ3n) is 2.94. The zero-order valence-electron chi connectivity index (χ0n) is 9.49. The second-order valence-electron chi connectivity index (χ2n) is 4.27. The van der Waals surface area contributed by atoms with E-state index >= 15 is 0 Å². The van der Waals surface area contributed by atoms with Crippen LogP contribution in [0, 0.1) is 0 Å². The van der Waals surface area contributed by atoms with Gasteiger partial charge in [-0.15, -0.1) is 0 Å². The van der Waals surface area contributed by atoms with Gasteiger partial charge in [-0.05, 0) is 24.6 Å². The van der Waals surface area contributed by atoms with Gasteiger partial charge in [-0.3, -0.25) is 0 Å². The Labute approximate surface area is 111 Å². The lowest BCUT2D eigenvalue weighted by Gasteiger charge is -2.21. The van der Waals surface area contributed by atoms with Gasteiger partial charge in [0.05, 0.1) is 25.4 Å². The van der Waals surface area contributed by atoms with Crippen molar-refractivity contribution in [2.24, 2.45) is 0 Å². The zero-order valence-corrected chi connectivity index (χ0v) is 11.0. The summed E-state index contributed by atoms with van der Waals surface area (Å²) < 4.78 is 5.19. The van der Waals surface area contributed by atoms with Crippen LogP contribution >= 0.6 is 23.2 Å². The predicted molar refractivity (Wildman–Crippen MR) is 68.6 cm³/mol. The fraction of sp³-hybridized carbons (Fsp3) is 0.500. The van der Waals surface area contributed by atoms with E-state index in [0.717, 1.165) is 5.56 Å². The number of ether oxygens (including phenoxy) is 1. The number of nitrogens with one attached hydrogen (secondary N) is 1. The molecule has 1 aliphatic heterocycles. The molecule has 1 aromatic rings. The number of benzene rings is 1. The first-order valence-electron chi connectivity index (χ1n) is 5.54. The van der Waals surface area contributed by atoms with E-state index in [0.29, 0.717) is 23.3 Å². The van der Waals surface area contributed by atoms with Crippen molar-refractivity contribution in [3.05, 3.63) is 33.8 Å². The number of hydrogen-bond acceptors (Lipinski definition) is 3. The summed E-state index contributed by atoms with van der Waals surface area (Å²) in [5, 5.41) is 14.2. The summed E-state index contributed by atoms with van der Waals surface area (Å²) in [5.41, 5.74) is 0.968. The predicted octanol–water partition coefficient (Wildman–Crippen LogP) is 2.40. The van der Waals surface area contributed by atoms with Crippen molar-refractivity contribution in [2.45, 2.75) is 25.1 Å². The van der Waals surface area contributed by atoms with E-state index in [1.807, 2.05) is 19.1 Å². The van der Waals surface area contributed by atoms with Gasteiger partial charge in [-0.1, -0.05) is 29.3 Å². The molecular formula is C12H15Cl2NO2. The Bertz CT molecular complexity index is 400. The molecule has 5 heteroatoms. The molecule has 1 aromatic carbocycles. The first kappa shape index (κ1) is 13.1. The molecule has 3 nitrogen and oxygen atoms in total. The minimum atomic E-state index is -0.455. The molecule has 17 heavy (non-hydrogen) atoms. The van der Waals surface area contributed by atoms with Crippen LogP contribution in [-0.4, -0.2) is 30.5 Å². The van der Waals surface area contributed by atoms with Crippen LogP contribution in [0.15, 0.2) is 18.2 Å². The molecule has 3 atom stereocenters. The number of hydrogen-bond donors (Lipinski definition) is 2. The Morgan fingerprint density at radius 3 is 2.76 bits per heavy atom. The molecule has 3 unspecified atom stereocenters. The van der Waals surface area contributed by atoms with Gasteiger partial charge in [0.2, 0.25) is 0 Å². The molecule has 0 amide bonds. The molecular weight excluding hydrogens is 261 g/mol. The molecule has 94 valence electrons. The number of aliphatic hydroxyl groups excluding tert-OH is 1. The van der Waals surface area contributed by atoms with Gasteiger partial charge < -0.3 is 15.2 Å². The van der Waals surface area contributed by atoms with E-state index in [1.165, 1.54) is 0 Å². The standard InChI is InChI=1S/C12H15Cl2NO2/c1-7(15-11-5-17-6-12(11)16)9-3-2-8(13)4-10(9)14/h2-4,7,11-12,15-16H,5-6H2,1H3. The average Bonchev–Trinajstić information content (AvgIpc) is 2.64. The number of rotatable bonds is 3. The summed E-state index contributed by atoms with van der Waals surface area (Å²) in [6.07, 6.45) is -0.455. The first-order valence-corrected chi connectivity index (χ1v) is 6.30. The largest absolute Gasteiger partial charge is 0.389 e. The lowest BCUT2D eigenvalue weighted by atomic mass is 10.1. The highest BCUT2D eigenvalue weighted by atomic mass is 35.5. The molecule has 1 aliphatic rings. The summed E-state index contributed by atoms with van der Waals surface area (Å²) in [4.78, 5) is 0. The molecule has 0 radical (unpaired) electrons. The first-order chi connectivity index (χ1) is 8.08. The molecule has 0 aliphatic carbocycles. The second kappa shape index (κ2) is 5.55. The van der Waals surface area contributed by atoms with Gasteiger partial charge in [-0.2, -0.15) is 0 Å². The normalized spacial score (nSPS) is 26.1. The lowest BCUT2D eigenvalue weighted by molar-refractivity contribution is 0.121. The van der Waals surface area contributed by atoms with Gasteiger partial charge >= 0.3 is 0 Å². The van der Waals surface area contributed by atoms with E-state index in [4.69, 9.17) is 27.9 Å². The maximum atomic E-state index is 9.66. The van der Waals surface area contributed by atoms with Crippen molar-refractivity contribution < 1.29 is 9.84 Å². The Morgan fingerprint density at radius 2 is 2.18 bits per heavy atom. The van der Waals surface area contributed by atoms with Crippen LogP contribution in [-0.2, 0) is 4.74 Å². The van der Waals surface area contributed by atoms with Gasteiger partial charge in [0.15, 0.2) is 0 Å². The SMILES string of the molecule is CC(NC1COCC1O)c1ccc(Cl)cc1Cl. The van der Waals surface area contributed by atoms with E-state index in [9.17, 15) is 5.11 Å². The van der Waals surface area contributed by atoms with Crippen LogP contribution in [0.1, 0.15) is 18.5 Å². The summed E-state index contributed by atoms with van der Waals surface area (Å²) >= 11 is 12.0. The zero-order chi connectivity index (χ0) is 12.4.